The SMILES string of the molecule is Cc1ccc(CC(C)NCc2c(O)cccc2Cl)s1. The average molecular weight is 296 g/mol. The summed E-state index contributed by atoms with van der Waals surface area (Å²) in [5.41, 5.74) is 0.762. The molecule has 1 unspecified atom stereocenters. The smallest absolute Gasteiger partial charge is 0.121 e. The molecule has 0 aliphatic carbocycles. The van der Waals surface area contributed by atoms with Crippen molar-refractivity contribution in [3.05, 3.63) is 50.7 Å². The minimum atomic E-state index is 0.249. The first kappa shape index (κ1) is 14.4. The molecule has 1 aromatic heterocycles. The van der Waals surface area contributed by atoms with Crippen LogP contribution in [0.4, 0.5) is 0 Å². The number of phenolic OH excluding ortho intramolecular Hbond substituents is 1. The van der Waals surface area contributed by atoms with Gasteiger partial charge in [0.25, 0.3) is 0 Å². The van der Waals surface area contributed by atoms with Gasteiger partial charge in [-0.1, -0.05) is 17.7 Å². The summed E-state index contributed by atoms with van der Waals surface area (Å²) in [7, 11) is 0. The van der Waals surface area contributed by atoms with E-state index < -0.39 is 0 Å². The molecule has 0 aliphatic heterocycles. The van der Waals surface area contributed by atoms with Crippen LogP contribution in [0.15, 0.2) is 30.3 Å². The molecule has 2 N–H and O–H groups in total. The van der Waals surface area contributed by atoms with Crippen molar-refractivity contribution in [2.45, 2.75) is 32.9 Å². The van der Waals surface area contributed by atoms with E-state index in [-0.39, 0.29) is 5.75 Å². The van der Waals surface area contributed by atoms with Gasteiger partial charge in [0.05, 0.1) is 0 Å². The van der Waals surface area contributed by atoms with Gasteiger partial charge >= 0.3 is 0 Å². The Morgan fingerprint density at radius 3 is 2.74 bits per heavy atom. The van der Waals surface area contributed by atoms with Crippen LogP contribution in [-0.4, -0.2) is 11.1 Å². The molecule has 2 nitrogen and oxygen atoms in total. The Bertz CT molecular complexity index is 533. The Labute approximate surface area is 123 Å². The molecule has 0 fully saturated rings. The van der Waals surface area contributed by atoms with Crippen molar-refractivity contribution in [3.63, 3.8) is 0 Å². The van der Waals surface area contributed by atoms with Gasteiger partial charge in [-0.05, 0) is 44.5 Å². The van der Waals surface area contributed by atoms with Gasteiger partial charge in [0.1, 0.15) is 5.75 Å². The molecular formula is C15H18ClNOS. The van der Waals surface area contributed by atoms with E-state index in [4.69, 9.17) is 11.6 Å². The molecule has 1 atom stereocenters. The first-order valence-corrected chi connectivity index (χ1v) is 7.50. The highest BCUT2D eigenvalue weighted by atomic mass is 35.5. The second-order valence-electron chi connectivity index (χ2n) is 4.74. The molecule has 0 amide bonds. The Hall–Kier alpha value is -1.03. The molecule has 4 heteroatoms. The van der Waals surface area contributed by atoms with E-state index in [2.05, 4.69) is 31.3 Å². The summed E-state index contributed by atoms with van der Waals surface area (Å²) in [6.07, 6.45) is 0.990. The van der Waals surface area contributed by atoms with Crippen molar-refractivity contribution in [3.8, 4) is 5.75 Å². The third kappa shape index (κ3) is 3.96. The van der Waals surface area contributed by atoms with E-state index in [1.54, 1.807) is 18.2 Å². The van der Waals surface area contributed by atoms with E-state index in [0.29, 0.717) is 17.6 Å². The van der Waals surface area contributed by atoms with Crippen LogP contribution in [0.3, 0.4) is 0 Å². The zero-order chi connectivity index (χ0) is 13.8. The molecule has 2 aromatic rings. The number of rotatable bonds is 5. The van der Waals surface area contributed by atoms with Gasteiger partial charge in [-0.25, -0.2) is 0 Å². The minimum absolute atomic E-state index is 0.249. The van der Waals surface area contributed by atoms with Crippen LogP contribution in [-0.2, 0) is 13.0 Å². The number of hydrogen-bond donors (Lipinski definition) is 2. The molecule has 1 heterocycles. The number of aryl methyl sites for hydroxylation is 1. The summed E-state index contributed by atoms with van der Waals surface area (Å²) in [6, 6.07) is 9.87. The monoisotopic (exact) mass is 295 g/mol. The van der Waals surface area contributed by atoms with Gasteiger partial charge in [0.15, 0.2) is 0 Å². The second kappa shape index (κ2) is 6.42. The summed E-state index contributed by atoms with van der Waals surface area (Å²) in [5.74, 6) is 0.249. The molecule has 0 bridgehead atoms. The average Bonchev–Trinajstić information content (AvgIpc) is 2.74. The molecule has 0 radical (unpaired) electrons. The Kier molecular flexibility index (Phi) is 4.86. The predicted molar refractivity (Wildman–Crippen MR) is 82.2 cm³/mol. The number of aromatic hydroxyl groups is 1. The summed E-state index contributed by atoms with van der Waals surface area (Å²) in [4.78, 5) is 2.71. The van der Waals surface area contributed by atoms with Gasteiger partial charge in [0, 0.05) is 32.9 Å². The lowest BCUT2D eigenvalue weighted by Crippen LogP contribution is -2.27. The van der Waals surface area contributed by atoms with Crippen LogP contribution >= 0.6 is 22.9 Å². The molecule has 1 aromatic carbocycles. The number of phenols is 1. The lowest BCUT2D eigenvalue weighted by atomic mass is 10.1. The minimum Gasteiger partial charge on any atom is -0.508 e. The summed E-state index contributed by atoms with van der Waals surface area (Å²) >= 11 is 7.91. The van der Waals surface area contributed by atoms with Crippen molar-refractivity contribution in [2.24, 2.45) is 0 Å². The first-order valence-electron chi connectivity index (χ1n) is 6.31. The topological polar surface area (TPSA) is 32.3 Å². The highest BCUT2D eigenvalue weighted by molar-refractivity contribution is 7.11. The van der Waals surface area contributed by atoms with Crippen LogP contribution in [0.2, 0.25) is 5.02 Å². The van der Waals surface area contributed by atoms with Crippen LogP contribution < -0.4 is 5.32 Å². The zero-order valence-electron chi connectivity index (χ0n) is 11.1. The van der Waals surface area contributed by atoms with E-state index in [1.807, 2.05) is 11.3 Å². The Morgan fingerprint density at radius 1 is 1.32 bits per heavy atom. The lowest BCUT2D eigenvalue weighted by Gasteiger charge is -2.14. The quantitative estimate of drug-likeness (QED) is 0.869. The van der Waals surface area contributed by atoms with E-state index >= 15 is 0 Å². The van der Waals surface area contributed by atoms with Gasteiger partial charge in [-0.3, -0.25) is 0 Å². The molecule has 0 saturated carbocycles. The fourth-order valence-corrected chi connectivity index (χ4v) is 3.22. The van der Waals surface area contributed by atoms with Gasteiger partial charge in [-0.15, -0.1) is 11.3 Å². The third-order valence-electron chi connectivity index (χ3n) is 3.02. The van der Waals surface area contributed by atoms with Crippen LogP contribution in [0, 0.1) is 6.92 Å². The number of benzene rings is 1. The molecule has 102 valence electrons. The first-order chi connectivity index (χ1) is 9.06. The standard InChI is InChI=1S/C15H18ClNOS/c1-10(8-12-7-6-11(2)19-12)17-9-13-14(16)4-3-5-15(13)18/h3-7,10,17-18H,8-9H2,1-2H3. The Morgan fingerprint density at radius 2 is 2.11 bits per heavy atom. The van der Waals surface area contributed by atoms with Crippen LogP contribution in [0.25, 0.3) is 0 Å². The summed E-state index contributed by atoms with van der Waals surface area (Å²) in [6.45, 7) is 4.84. The number of thiophene rings is 1. The molecular weight excluding hydrogens is 278 g/mol. The maximum Gasteiger partial charge on any atom is 0.121 e. The van der Waals surface area contributed by atoms with Crippen LogP contribution in [0.5, 0.6) is 5.75 Å². The van der Waals surface area contributed by atoms with Crippen molar-refractivity contribution in [2.75, 3.05) is 0 Å². The van der Waals surface area contributed by atoms with Gasteiger partial charge in [0.2, 0.25) is 0 Å². The summed E-state index contributed by atoms with van der Waals surface area (Å²) < 4.78 is 0. The largest absolute Gasteiger partial charge is 0.508 e. The molecule has 0 saturated heterocycles. The Balaban J connectivity index is 1.91. The van der Waals surface area contributed by atoms with E-state index in [9.17, 15) is 5.11 Å². The normalized spacial score (nSPS) is 12.6. The number of halogens is 1. The molecule has 2 rings (SSSR count). The zero-order valence-corrected chi connectivity index (χ0v) is 12.7. The van der Waals surface area contributed by atoms with E-state index in [0.717, 1.165) is 12.0 Å². The molecule has 19 heavy (non-hydrogen) atoms. The number of hydrogen-bond acceptors (Lipinski definition) is 3. The third-order valence-corrected chi connectivity index (χ3v) is 4.40. The highest BCUT2D eigenvalue weighted by Gasteiger charge is 2.09. The molecule has 0 spiro atoms. The number of nitrogens with one attached hydrogen (secondary N) is 1. The van der Waals surface area contributed by atoms with Crippen molar-refractivity contribution >= 4 is 22.9 Å². The van der Waals surface area contributed by atoms with Crippen molar-refractivity contribution in [1.82, 2.24) is 5.32 Å². The second-order valence-corrected chi connectivity index (χ2v) is 6.52. The van der Waals surface area contributed by atoms with Gasteiger partial charge < -0.3 is 10.4 Å². The fraction of sp³-hybridized carbons (Fsp3) is 0.333. The van der Waals surface area contributed by atoms with E-state index in [1.165, 1.54) is 9.75 Å². The fourth-order valence-electron chi connectivity index (χ4n) is 1.97. The van der Waals surface area contributed by atoms with Crippen molar-refractivity contribution in [1.29, 1.82) is 0 Å². The van der Waals surface area contributed by atoms with Gasteiger partial charge in [-0.2, -0.15) is 0 Å². The highest BCUT2D eigenvalue weighted by Crippen LogP contribution is 2.25. The molecule has 0 aliphatic rings. The summed E-state index contributed by atoms with van der Waals surface area (Å²) in [5, 5.41) is 13.8. The van der Waals surface area contributed by atoms with Crippen molar-refractivity contribution < 1.29 is 5.11 Å². The predicted octanol–water partition coefficient (Wildman–Crippen LogP) is 4.14. The van der Waals surface area contributed by atoms with Crippen LogP contribution in [0.1, 0.15) is 22.2 Å². The lowest BCUT2D eigenvalue weighted by molar-refractivity contribution is 0.459. The maximum atomic E-state index is 9.77. The maximum absolute atomic E-state index is 9.77.